The van der Waals surface area contributed by atoms with Crippen LogP contribution in [0.15, 0.2) is 206 Å². The zero-order valence-electron chi connectivity index (χ0n) is 29.6. The minimum absolute atomic E-state index is 0.450. The fraction of sp³-hybridized carbons (Fsp3) is 0.0200. The number of ether oxygens (including phenoxy) is 1. The summed E-state index contributed by atoms with van der Waals surface area (Å²) in [6.45, 7) is 0.450. The molecule has 0 radical (unpaired) electrons. The standard InChI is InChI=1S/C50H36N2OSi/c1-5-16-36(17-6-1)40-30-41(37-18-7-2-8-19-37)33-45(32-40)54(42-21-9-3-10-22-42,43-23-11-4-12-24-43)44-25-15-20-38(31-44)39-28-29-46-48(34-39)52-47-26-13-14-27-49(47)53-35-50(52)51-46/h1-34H,35H2. The van der Waals surface area contributed by atoms with Crippen LogP contribution in [0.3, 0.4) is 0 Å². The first-order valence-electron chi connectivity index (χ1n) is 18.5. The van der Waals surface area contributed by atoms with Crippen molar-refractivity contribution in [2.45, 2.75) is 6.61 Å². The van der Waals surface area contributed by atoms with Crippen molar-refractivity contribution in [3.63, 3.8) is 0 Å². The lowest BCUT2D eigenvalue weighted by molar-refractivity contribution is 0.280. The van der Waals surface area contributed by atoms with Crippen LogP contribution in [0.5, 0.6) is 5.75 Å². The van der Waals surface area contributed by atoms with E-state index in [9.17, 15) is 0 Å². The molecule has 2 heterocycles. The molecule has 0 saturated carbocycles. The second-order valence-electron chi connectivity index (χ2n) is 13.9. The number of nitrogens with zero attached hydrogens (tertiary/aromatic N) is 2. The number of hydrogen-bond donors (Lipinski definition) is 0. The molecule has 8 aromatic carbocycles. The van der Waals surface area contributed by atoms with Crippen molar-refractivity contribution < 1.29 is 4.74 Å². The maximum atomic E-state index is 6.07. The topological polar surface area (TPSA) is 27.1 Å². The van der Waals surface area contributed by atoms with Crippen LogP contribution in [0.25, 0.3) is 50.1 Å². The molecule has 0 saturated heterocycles. The summed E-state index contributed by atoms with van der Waals surface area (Å²) in [4.78, 5) is 4.97. The van der Waals surface area contributed by atoms with Crippen LogP contribution < -0.4 is 25.5 Å². The molecule has 0 unspecified atom stereocenters. The van der Waals surface area contributed by atoms with E-state index < -0.39 is 8.07 Å². The van der Waals surface area contributed by atoms with Gasteiger partial charge in [-0.25, -0.2) is 4.98 Å². The second kappa shape index (κ2) is 13.3. The van der Waals surface area contributed by atoms with Crippen LogP contribution in [0.2, 0.25) is 0 Å². The van der Waals surface area contributed by atoms with Crippen molar-refractivity contribution in [1.82, 2.24) is 9.55 Å². The molecule has 10 rings (SSSR count). The van der Waals surface area contributed by atoms with Crippen LogP contribution in [0.4, 0.5) is 0 Å². The molecule has 1 aliphatic heterocycles. The number of para-hydroxylation sites is 2. The average Bonchev–Trinajstić information content (AvgIpc) is 3.64. The third kappa shape index (κ3) is 5.39. The molecular formula is C50H36N2OSi. The van der Waals surface area contributed by atoms with Crippen LogP contribution in [-0.2, 0) is 6.61 Å². The van der Waals surface area contributed by atoms with Crippen LogP contribution >= 0.6 is 0 Å². The lowest BCUT2D eigenvalue weighted by Crippen LogP contribution is -2.74. The van der Waals surface area contributed by atoms with Gasteiger partial charge < -0.3 is 4.74 Å². The summed E-state index contributed by atoms with van der Waals surface area (Å²) in [7, 11) is -2.94. The van der Waals surface area contributed by atoms with Crippen molar-refractivity contribution in [3.05, 3.63) is 212 Å². The second-order valence-corrected chi connectivity index (χ2v) is 17.7. The highest BCUT2D eigenvalue weighted by Gasteiger charge is 2.42. The highest BCUT2D eigenvalue weighted by Crippen LogP contribution is 2.35. The lowest BCUT2D eigenvalue weighted by atomic mass is 9.99. The summed E-state index contributed by atoms with van der Waals surface area (Å²) < 4.78 is 8.33. The van der Waals surface area contributed by atoms with Crippen molar-refractivity contribution in [1.29, 1.82) is 0 Å². The molecule has 9 aromatic rings. The number of fused-ring (bicyclic) bond motifs is 5. The van der Waals surface area contributed by atoms with Gasteiger partial charge in [-0.15, -0.1) is 0 Å². The van der Waals surface area contributed by atoms with Gasteiger partial charge in [-0.05, 0) is 84.5 Å². The number of hydrogen-bond acceptors (Lipinski definition) is 2. The number of aromatic nitrogens is 2. The first kappa shape index (κ1) is 31.9. The van der Waals surface area contributed by atoms with E-state index in [0.717, 1.165) is 33.9 Å². The van der Waals surface area contributed by atoms with E-state index in [1.807, 2.05) is 12.1 Å². The zero-order valence-corrected chi connectivity index (χ0v) is 30.6. The fourth-order valence-electron chi connectivity index (χ4n) is 8.32. The third-order valence-corrected chi connectivity index (χ3v) is 15.5. The lowest BCUT2D eigenvalue weighted by Gasteiger charge is -2.35. The molecule has 0 amide bonds. The summed E-state index contributed by atoms with van der Waals surface area (Å²) in [6.07, 6.45) is 0. The Hall–Kier alpha value is -6.75. The van der Waals surface area contributed by atoms with Crippen LogP contribution in [0.1, 0.15) is 5.82 Å². The van der Waals surface area contributed by atoms with Crippen molar-refractivity contribution in [3.8, 4) is 44.8 Å². The highest BCUT2D eigenvalue weighted by atomic mass is 28.3. The number of imidazole rings is 1. The summed E-state index contributed by atoms with van der Waals surface area (Å²) in [6, 6.07) is 75.5. The van der Waals surface area contributed by atoms with Gasteiger partial charge in [-0.1, -0.05) is 176 Å². The monoisotopic (exact) mass is 708 g/mol. The minimum Gasteiger partial charge on any atom is -0.483 e. The van der Waals surface area contributed by atoms with Gasteiger partial charge in [0, 0.05) is 0 Å². The number of benzene rings is 8. The molecule has 4 heteroatoms. The molecule has 0 N–H and O–H groups in total. The molecule has 54 heavy (non-hydrogen) atoms. The third-order valence-electron chi connectivity index (χ3n) is 10.8. The maximum absolute atomic E-state index is 6.07. The van der Waals surface area contributed by atoms with Crippen LogP contribution in [-0.4, -0.2) is 17.6 Å². The van der Waals surface area contributed by atoms with Gasteiger partial charge >= 0.3 is 0 Å². The average molecular weight is 709 g/mol. The minimum atomic E-state index is -2.94. The van der Waals surface area contributed by atoms with E-state index >= 15 is 0 Å². The number of rotatable bonds is 7. The molecule has 1 aromatic heterocycles. The zero-order chi connectivity index (χ0) is 35.9. The van der Waals surface area contributed by atoms with E-state index in [0.29, 0.717) is 6.61 Å². The van der Waals surface area contributed by atoms with E-state index in [-0.39, 0.29) is 0 Å². The van der Waals surface area contributed by atoms with E-state index in [1.165, 1.54) is 48.6 Å². The summed E-state index contributed by atoms with van der Waals surface area (Å²) >= 11 is 0. The summed E-state index contributed by atoms with van der Waals surface area (Å²) in [5.74, 6) is 1.80. The van der Waals surface area contributed by atoms with Crippen molar-refractivity contribution >= 4 is 39.9 Å². The highest BCUT2D eigenvalue weighted by molar-refractivity contribution is 7.20. The van der Waals surface area contributed by atoms with Gasteiger partial charge in [0.2, 0.25) is 0 Å². The Bertz CT molecular complexity index is 2660. The van der Waals surface area contributed by atoms with Gasteiger partial charge in [0.05, 0.1) is 16.7 Å². The molecule has 256 valence electrons. The quantitative estimate of drug-likeness (QED) is 0.122. The summed E-state index contributed by atoms with van der Waals surface area (Å²) in [5, 5.41) is 5.36. The first-order valence-corrected chi connectivity index (χ1v) is 20.5. The first-order chi connectivity index (χ1) is 26.8. The van der Waals surface area contributed by atoms with E-state index in [4.69, 9.17) is 9.72 Å². The molecule has 0 atom stereocenters. The fourth-order valence-corrected chi connectivity index (χ4v) is 13.2. The molecular weight excluding hydrogens is 673 g/mol. The van der Waals surface area contributed by atoms with E-state index in [2.05, 4.69) is 199 Å². The Morgan fingerprint density at radius 2 is 0.926 bits per heavy atom. The normalized spacial score (nSPS) is 12.1. The van der Waals surface area contributed by atoms with Crippen molar-refractivity contribution in [2.24, 2.45) is 0 Å². The smallest absolute Gasteiger partial charge is 0.179 e. The summed E-state index contributed by atoms with van der Waals surface area (Å²) in [5.41, 5.74) is 10.3. The van der Waals surface area contributed by atoms with Gasteiger partial charge in [0.1, 0.15) is 12.4 Å². The maximum Gasteiger partial charge on any atom is 0.179 e. The Labute approximate surface area is 316 Å². The Morgan fingerprint density at radius 3 is 1.57 bits per heavy atom. The Morgan fingerprint density at radius 1 is 0.407 bits per heavy atom. The molecule has 3 nitrogen and oxygen atoms in total. The van der Waals surface area contributed by atoms with Gasteiger partial charge in [-0.3, -0.25) is 4.57 Å². The SMILES string of the molecule is c1ccc(-c2cc(-c3ccccc3)cc([Si](c3ccccc3)(c3ccccc3)c3cccc(-c4ccc5nc6n(c5c4)-c4ccccc4OC6)c3)c2)cc1. The molecule has 0 bridgehead atoms. The van der Waals surface area contributed by atoms with Crippen molar-refractivity contribution in [2.75, 3.05) is 0 Å². The largest absolute Gasteiger partial charge is 0.483 e. The van der Waals surface area contributed by atoms with Gasteiger partial charge in [-0.2, -0.15) is 0 Å². The van der Waals surface area contributed by atoms with E-state index in [1.54, 1.807) is 0 Å². The van der Waals surface area contributed by atoms with Gasteiger partial charge in [0.25, 0.3) is 0 Å². The molecule has 1 aliphatic rings. The molecule has 0 spiro atoms. The predicted molar refractivity (Wildman–Crippen MR) is 225 cm³/mol. The molecule has 0 aliphatic carbocycles. The van der Waals surface area contributed by atoms with Crippen LogP contribution in [0, 0.1) is 0 Å². The molecule has 0 fully saturated rings. The van der Waals surface area contributed by atoms with Gasteiger partial charge in [0.15, 0.2) is 13.9 Å². The Kier molecular flexibility index (Phi) is 7.89. The predicted octanol–water partition coefficient (Wildman–Crippen LogP) is 9.30. The Balaban J connectivity index is 1.23.